The number of anilines is 1. The summed E-state index contributed by atoms with van der Waals surface area (Å²) in [6.07, 6.45) is 0. The molecule has 8 heteroatoms. The predicted molar refractivity (Wildman–Crippen MR) is 77.1 cm³/mol. The van der Waals surface area contributed by atoms with Gasteiger partial charge in [0.2, 0.25) is 0 Å². The van der Waals surface area contributed by atoms with Crippen molar-refractivity contribution in [3.63, 3.8) is 0 Å². The molecule has 2 aromatic carbocycles. The molecule has 0 spiro atoms. The molecule has 0 heterocycles. The Morgan fingerprint density at radius 1 is 1.19 bits per heavy atom. The first-order chi connectivity index (χ1) is 10.1. The summed E-state index contributed by atoms with van der Waals surface area (Å²) in [5.41, 5.74) is -0.452. The number of benzene rings is 2. The van der Waals surface area contributed by atoms with Crippen LogP contribution in [0, 0.1) is 4.91 Å². The van der Waals surface area contributed by atoms with E-state index in [1.165, 1.54) is 25.3 Å². The molecule has 0 aliphatic heterocycles. The third-order valence-corrected chi connectivity index (χ3v) is 3.64. The van der Waals surface area contributed by atoms with E-state index in [0.29, 0.717) is 15.0 Å². The lowest BCUT2D eigenvalue weighted by atomic mass is 10.2. The zero-order valence-corrected chi connectivity index (χ0v) is 11.7. The number of phenols is 2. The van der Waals surface area contributed by atoms with Crippen molar-refractivity contribution in [3.8, 4) is 11.5 Å². The molecule has 0 unspecified atom stereocenters. The van der Waals surface area contributed by atoms with Gasteiger partial charge in [0.1, 0.15) is 17.2 Å². The first-order valence-corrected chi connectivity index (χ1v) is 6.57. The van der Waals surface area contributed by atoms with E-state index in [1.54, 1.807) is 18.2 Å². The fourth-order valence-electron chi connectivity index (χ4n) is 1.65. The van der Waals surface area contributed by atoms with Crippen molar-refractivity contribution in [1.29, 1.82) is 0 Å². The SMILES string of the molecule is CON(O)c1cc(Sc2ccccc2O)cc(O)c1N=O. The van der Waals surface area contributed by atoms with E-state index < -0.39 is 5.75 Å². The van der Waals surface area contributed by atoms with E-state index in [4.69, 9.17) is 0 Å². The summed E-state index contributed by atoms with van der Waals surface area (Å²) >= 11 is 1.14. The van der Waals surface area contributed by atoms with Crippen molar-refractivity contribution in [2.45, 2.75) is 9.79 Å². The van der Waals surface area contributed by atoms with Crippen molar-refractivity contribution >= 4 is 23.1 Å². The van der Waals surface area contributed by atoms with Crippen molar-refractivity contribution < 1.29 is 20.3 Å². The van der Waals surface area contributed by atoms with Crippen LogP contribution in [0.2, 0.25) is 0 Å². The Labute approximate surface area is 124 Å². The molecule has 0 bridgehead atoms. The van der Waals surface area contributed by atoms with Gasteiger partial charge in [0.05, 0.1) is 12.0 Å². The standard InChI is InChI=1S/C13H12N2O5S/c1-20-15(19)9-6-8(7-11(17)13(9)14-18)21-12-5-3-2-4-10(12)16/h2-7,16-17,19H,1H3. The van der Waals surface area contributed by atoms with Crippen LogP contribution in [0.1, 0.15) is 0 Å². The summed E-state index contributed by atoms with van der Waals surface area (Å²) in [6.45, 7) is 0. The molecule has 110 valence electrons. The van der Waals surface area contributed by atoms with E-state index in [9.17, 15) is 20.3 Å². The van der Waals surface area contributed by atoms with Gasteiger partial charge in [0.15, 0.2) is 5.69 Å². The summed E-state index contributed by atoms with van der Waals surface area (Å²) in [4.78, 5) is 16.4. The quantitative estimate of drug-likeness (QED) is 0.574. The second-order valence-electron chi connectivity index (χ2n) is 3.93. The van der Waals surface area contributed by atoms with E-state index in [0.717, 1.165) is 11.8 Å². The molecule has 0 aromatic heterocycles. The molecular formula is C13H12N2O5S. The van der Waals surface area contributed by atoms with Crippen LogP contribution in [-0.2, 0) is 4.84 Å². The average molecular weight is 308 g/mol. The number of nitrogens with zero attached hydrogens (tertiary/aromatic N) is 2. The van der Waals surface area contributed by atoms with Crippen LogP contribution in [0.5, 0.6) is 11.5 Å². The van der Waals surface area contributed by atoms with Crippen LogP contribution in [0.4, 0.5) is 11.4 Å². The van der Waals surface area contributed by atoms with Crippen molar-refractivity contribution in [3.05, 3.63) is 41.3 Å². The molecule has 0 saturated carbocycles. The van der Waals surface area contributed by atoms with Gasteiger partial charge in [-0.3, -0.25) is 10.0 Å². The second-order valence-corrected chi connectivity index (χ2v) is 5.04. The number of aromatic hydroxyl groups is 2. The lowest BCUT2D eigenvalue weighted by Crippen LogP contribution is -2.15. The molecule has 2 aromatic rings. The van der Waals surface area contributed by atoms with Gasteiger partial charge < -0.3 is 10.2 Å². The number of para-hydroxylation sites is 1. The Kier molecular flexibility index (Phi) is 4.63. The first kappa shape index (κ1) is 15.1. The summed E-state index contributed by atoms with van der Waals surface area (Å²) in [5.74, 6) is -0.328. The van der Waals surface area contributed by atoms with Crippen LogP contribution < -0.4 is 5.23 Å². The molecule has 0 fully saturated rings. The zero-order chi connectivity index (χ0) is 15.4. The third kappa shape index (κ3) is 3.24. The van der Waals surface area contributed by atoms with E-state index >= 15 is 0 Å². The van der Waals surface area contributed by atoms with Crippen molar-refractivity contribution in [2.75, 3.05) is 12.3 Å². The minimum atomic E-state index is -0.406. The van der Waals surface area contributed by atoms with Gasteiger partial charge in [0.25, 0.3) is 0 Å². The molecule has 0 aliphatic carbocycles. The van der Waals surface area contributed by atoms with Crippen LogP contribution >= 0.6 is 11.8 Å². The lowest BCUT2D eigenvalue weighted by molar-refractivity contribution is -0.0108. The van der Waals surface area contributed by atoms with E-state index in [-0.39, 0.29) is 17.1 Å². The van der Waals surface area contributed by atoms with Gasteiger partial charge in [-0.25, -0.2) is 0 Å². The molecule has 0 amide bonds. The average Bonchev–Trinajstić information content (AvgIpc) is 2.48. The Bertz CT molecular complexity index is 665. The fraction of sp³-hybridized carbons (Fsp3) is 0.0769. The molecule has 0 aliphatic rings. The van der Waals surface area contributed by atoms with Gasteiger partial charge in [-0.15, -0.1) is 10.1 Å². The molecule has 0 saturated heterocycles. The maximum Gasteiger partial charge on any atom is 0.177 e. The molecular weight excluding hydrogens is 296 g/mol. The summed E-state index contributed by atoms with van der Waals surface area (Å²) in [7, 11) is 1.19. The van der Waals surface area contributed by atoms with Crippen LogP contribution in [0.3, 0.4) is 0 Å². The maximum absolute atomic E-state index is 10.7. The van der Waals surface area contributed by atoms with E-state index in [1.807, 2.05) is 0 Å². The van der Waals surface area contributed by atoms with Gasteiger partial charge in [-0.05, 0) is 29.4 Å². The van der Waals surface area contributed by atoms with E-state index in [2.05, 4.69) is 10.0 Å². The van der Waals surface area contributed by atoms with Crippen molar-refractivity contribution in [1.82, 2.24) is 0 Å². The Morgan fingerprint density at radius 2 is 1.90 bits per heavy atom. The molecule has 3 N–H and O–H groups in total. The number of nitroso groups, excluding NO2 is 1. The Hall–Kier alpha value is -2.29. The predicted octanol–water partition coefficient (Wildman–Crippen LogP) is 3.40. The minimum absolute atomic E-state index is 0.0775. The highest BCUT2D eigenvalue weighted by molar-refractivity contribution is 7.99. The highest BCUT2D eigenvalue weighted by Gasteiger charge is 2.17. The van der Waals surface area contributed by atoms with Gasteiger partial charge in [-0.1, -0.05) is 23.9 Å². The fourth-order valence-corrected chi connectivity index (χ4v) is 2.56. The highest BCUT2D eigenvalue weighted by Crippen LogP contribution is 2.43. The first-order valence-electron chi connectivity index (χ1n) is 5.76. The van der Waals surface area contributed by atoms with Gasteiger partial charge in [0, 0.05) is 4.90 Å². The largest absolute Gasteiger partial charge is 0.507 e. The summed E-state index contributed by atoms with van der Waals surface area (Å²) in [5, 5.41) is 32.1. The highest BCUT2D eigenvalue weighted by atomic mass is 32.2. The van der Waals surface area contributed by atoms with Crippen LogP contribution in [0.15, 0.2) is 51.4 Å². The van der Waals surface area contributed by atoms with Gasteiger partial charge >= 0.3 is 0 Å². The van der Waals surface area contributed by atoms with Crippen LogP contribution in [0.25, 0.3) is 0 Å². The maximum atomic E-state index is 10.7. The molecule has 0 radical (unpaired) electrons. The molecule has 0 atom stereocenters. The summed E-state index contributed by atoms with van der Waals surface area (Å²) < 4.78 is 0. The molecule has 7 nitrogen and oxygen atoms in total. The topological polar surface area (TPSA) is 103 Å². The molecule has 21 heavy (non-hydrogen) atoms. The second kappa shape index (κ2) is 6.44. The van der Waals surface area contributed by atoms with Crippen LogP contribution in [-0.4, -0.2) is 22.5 Å². The summed E-state index contributed by atoms with van der Waals surface area (Å²) in [6, 6.07) is 9.35. The number of hydrogen-bond donors (Lipinski definition) is 3. The normalized spacial score (nSPS) is 10.4. The Morgan fingerprint density at radius 3 is 2.52 bits per heavy atom. The van der Waals surface area contributed by atoms with Gasteiger partial charge in [-0.2, -0.15) is 0 Å². The van der Waals surface area contributed by atoms with Crippen molar-refractivity contribution in [2.24, 2.45) is 5.18 Å². The number of phenolic OH excluding ortho intramolecular Hbond substituents is 2. The zero-order valence-electron chi connectivity index (χ0n) is 10.9. The Balaban J connectivity index is 2.44. The number of rotatable bonds is 5. The third-order valence-electron chi connectivity index (χ3n) is 2.61. The smallest absolute Gasteiger partial charge is 0.177 e. The molecule has 2 rings (SSSR count). The monoisotopic (exact) mass is 308 g/mol. The lowest BCUT2D eigenvalue weighted by Gasteiger charge is -2.16. The minimum Gasteiger partial charge on any atom is -0.507 e. The number of hydrogen-bond acceptors (Lipinski definition) is 8.